The van der Waals surface area contributed by atoms with Crippen molar-refractivity contribution in [2.45, 2.75) is 37.6 Å². The highest BCUT2D eigenvalue weighted by Gasteiger charge is 2.53. The van der Waals surface area contributed by atoms with Gasteiger partial charge in [0.05, 0.1) is 12.0 Å². The van der Waals surface area contributed by atoms with Crippen LogP contribution in [0.4, 0.5) is 0 Å². The highest BCUT2D eigenvalue weighted by Crippen LogP contribution is 2.52. The lowest BCUT2D eigenvalue weighted by atomic mass is 9.81. The number of hydroxylamine groups is 1. The Morgan fingerprint density at radius 1 is 1.24 bits per heavy atom. The maximum atomic E-state index is 13.0. The zero-order valence-corrected chi connectivity index (χ0v) is 14.3. The van der Waals surface area contributed by atoms with Gasteiger partial charge in [0.25, 0.3) is 0 Å². The molecule has 3 fully saturated rings. The molecule has 25 heavy (non-hydrogen) atoms. The van der Waals surface area contributed by atoms with E-state index in [4.69, 9.17) is 5.21 Å². The Morgan fingerprint density at radius 3 is 2.68 bits per heavy atom. The van der Waals surface area contributed by atoms with Gasteiger partial charge in [-0.2, -0.15) is 0 Å². The van der Waals surface area contributed by atoms with Gasteiger partial charge in [0.15, 0.2) is 0 Å². The van der Waals surface area contributed by atoms with Crippen LogP contribution in [0.1, 0.15) is 37.2 Å². The minimum absolute atomic E-state index is 0.0115. The van der Waals surface area contributed by atoms with Crippen LogP contribution in [-0.4, -0.2) is 47.6 Å². The molecule has 6 nitrogen and oxygen atoms in total. The fourth-order valence-electron chi connectivity index (χ4n) is 4.42. The largest absolute Gasteiger partial charge is 0.341 e. The molecule has 2 amide bonds. The zero-order valence-electron chi connectivity index (χ0n) is 14.3. The minimum atomic E-state index is -0.534. The van der Waals surface area contributed by atoms with E-state index in [1.807, 2.05) is 23.1 Å². The average molecular weight is 343 g/mol. The Labute approximate surface area is 147 Å². The van der Waals surface area contributed by atoms with Gasteiger partial charge in [-0.25, -0.2) is 5.48 Å². The highest BCUT2D eigenvalue weighted by molar-refractivity contribution is 5.90. The number of nitrogens with zero attached hydrogens (tertiary/aromatic N) is 1. The molecule has 0 radical (unpaired) electrons. The molecule has 1 aromatic carbocycles. The van der Waals surface area contributed by atoms with Gasteiger partial charge in [-0.15, -0.1) is 0 Å². The molecule has 134 valence electrons. The Bertz CT molecular complexity index is 659. The monoisotopic (exact) mass is 343 g/mol. The van der Waals surface area contributed by atoms with E-state index in [0.717, 1.165) is 32.4 Å². The van der Waals surface area contributed by atoms with Gasteiger partial charge in [0, 0.05) is 25.6 Å². The third-order valence-electron chi connectivity index (χ3n) is 6.19. The van der Waals surface area contributed by atoms with Crippen LogP contribution in [0.3, 0.4) is 0 Å². The van der Waals surface area contributed by atoms with Crippen molar-refractivity contribution in [1.29, 1.82) is 0 Å². The molecule has 4 rings (SSSR count). The second-order valence-electron chi connectivity index (χ2n) is 7.83. The molecule has 1 saturated carbocycles. The average Bonchev–Trinajstić information content (AvgIpc) is 3.22. The standard InChI is InChI=1S/C19H25N3O3/c23-17(21-25)15-10-19(7-8-19)12-20-16(15)18(24)22-9-6-14(11-22)13-4-2-1-3-5-13/h1-5,14-16,20,25H,6-12H2,(H,21,23). The maximum absolute atomic E-state index is 13.0. The predicted octanol–water partition coefficient (Wildman–Crippen LogP) is 1.27. The molecule has 2 heterocycles. The second-order valence-corrected chi connectivity index (χ2v) is 7.83. The van der Waals surface area contributed by atoms with Crippen LogP contribution in [0.5, 0.6) is 0 Å². The van der Waals surface area contributed by atoms with Gasteiger partial charge in [-0.3, -0.25) is 14.8 Å². The van der Waals surface area contributed by atoms with Crippen LogP contribution in [0.2, 0.25) is 0 Å². The van der Waals surface area contributed by atoms with Gasteiger partial charge in [0.2, 0.25) is 11.8 Å². The van der Waals surface area contributed by atoms with Crippen LogP contribution >= 0.6 is 0 Å². The first-order valence-corrected chi connectivity index (χ1v) is 9.13. The Morgan fingerprint density at radius 2 is 2.00 bits per heavy atom. The number of carbonyl (C=O) groups excluding carboxylic acids is 2. The Balaban J connectivity index is 1.45. The molecule has 1 spiro atoms. The van der Waals surface area contributed by atoms with Crippen molar-refractivity contribution < 1.29 is 14.8 Å². The molecule has 2 saturated heterocycles. The molecule has 2 aliphatic heterocycles. The zero-order chi connectivity index (χ0) is 17.4. The normalized spacial score (nSPS) is 30.3. The van der Waals surface area contributed by atoms with Crippen molar-refractivity contribution in [1.82, 2.24) is 15.7 Å². The Kier molecular flexibility index (Phi) is 4.25. The van der Waals surface area contributed by atoms with E-state index in [0.29, 0.717) is 18.9 Å². The van der Waals surface area contributed by atoms with E-state index in [1.165, 1.54) is 5.56 Å². The fraction of sp³-hybridized carbons (Fsp3) is 0.579. The molecule has 3 atom stereocenters. The van der Waals surface area contributed by atoms with E-state index < -0.39 is 17.9 Å². The molecule has 1 aliphatic carbocycles. The van der Waals surface area contributed by atoms with E-state index >= 15 is 0 Å². The van der Waals surface area contributed by atoms with Crippen LogP contribution in [0, 0.1) is 11.3 Å². The summed E-state index contributed by atoms with van der Waals surface area (Å²) in [5.74, 6) is -0.601. The van der Waals surface area contributed by atoms with E-state index in [9.17, 15) is 9.59 Å². The van der Waals surface area contributed by atoms with Crippen molar-refractivity contribution >= 4 is 11.8 Å². The van der Waals surface area contributed by atoms with Gasteiger partial charge >= 0.3 is 0 Å². The van der Waals surface area contributed by atoms with Gasteiger partial charge in [-0.1, -0.05) is 30.3 Å². The number of rotatable bonds is 3. The van der Waals surface area contributed by atoms with E-state index in [2.05, 4.69) is 17.4 Å². The summed E-state index contributed by atoms with van der Waals surface area (Å²) in [4.78, 5) is 27.0. The summed E-state index contributed by atoms with van der Waals surface area (Å²) in [5, 5.41) is 12.4. The quantitative estimate of drug-likeness (QED) is 0.570. The third kappa shape index (κ3) is 3.16. The number of piperidine rings is 1. The van der Waals surface area contributed by atoms with Crippen molar-refractivity contribution in [2.75, 3.05) is 19.6 Å². The summed E-state index contributed by atoms with van der Waals surface area (Å²) in [5.41, 5.74) is 3.18. The summed E-state index contributed by atoms with van der Waals surface area (Å²) in [6, 6.07) is 9.73. The molecular weight excluding hydrogens is 318 g/mol. The molecule has 0 aromatic heterocycles. The van der Waals surface area contributed by atoms with Crippen molar-refractivity contribution in [2.24, 2.45) is 11.3 Å². The first kappa shape index (κ1) is 16.5. The molecule has 6 heteroatoms. The lowest BCUT2D eigenvalue weighted by Gasteiger charge is -2.37. The van der Waals surface area contributed by atoms with E-state index in [1.54, 1.807) is 5.48 Å². The number of benzene rings is 1. The molecular formula is C19H25N3O3. The lowest BCUT2D eigenvalue weighted by molar-refractivity contribution is -0.144. The fourth-order valence-corrected chi connectivity index (χ4v) is 4.42. The van der Waals surface area contributed by atoms with Crippen molar-refractivity contribution in [3.05, 3.63) is 35.9 Å². The number of nitrogens with one attached hydrogen (secondary N) is 2. The maximum Gasteiger partial charge on any atom is 0.248 e. The highest BCUT2D eigenvalue weighted by atomic mass is 16.5. The SMILES string of the molecule is O=C(NO)C1CC2(CC2)CNC1C(=O)N1CCC(c2ccccc2)C1. The molecule has 1 aromatic rings. The number of carbonyl (C=O) groups is 2. The minimum Gasteiger partial charge on any atom is -0.341 e. The van der Waals surface area contributed by atoms with Crippen molar-refractivity contribution in [3.63, 3.8) is 0 Å². The number of hydrogen-bond donors (Lipinski definition) is 3. The van der Waals surface area contributed by atoms with Crippen LogP contribution in [0.15, 0.2) is 30.3 Å². The first-order chi connectivity index (χ1) is 12.1. The Hall–Kier alpha value is -1.92. The second kappa shape index (κ2) is 6.42. The predicted molar refractivity (Wildman–Crippen MR) is 91.9 cm³/mol. The summed E-state index contributed by atoms with van der Waals surface area (Å²) in [7, 11) is 0. The lowest BCUT2D eigenvalue weighted by Crippen LogP contribution is -2.58. The molecule has 3 unspecified atom stereocenters. The third-order valence-corrected chi connectivity index (χ3v) is 6.19. The van der Waals surface area contributed by atoms with Crippen LogP contribution in [0.25, 0.3) is 0 Å². The summed E-state index contributed by atoms with van der Waals surface area (Å²) in [6.45, 7) is 2.20. The number of likely N-dealkylation sites (tertiary alicyclic amines) is 1. The van der Waals surface area contributed by atoms with Gasteiger partial charge in [-0.05, 0) is 36.7 Å². The van der Waals surface area contributed by atoms with E-state index in [-0.39, 0.29) is 11.3 Å². The summed E-state index contributed by atoms with van der Waals surface area (Å²) < 4.78 is 0. The molecule has 3 N–H and O–H groups in total. The molecule has 3 aliphatic rings. The van der Waals surface area contributed by atoms with Crippen LogP contribution in [-0.2, 0) is 9.59 Å². The van der Waals surface area contributed by atoms with Crippen molar-refractivity contribution in [3.8, 4) is 0 Å². The van der Waals surface area contributed by atoms with Crippen LogP contribution < -0.4 is 10.8 Å². The van der Waals surface area contributed by atoms with Gasteiger partial charge < -0.3 is 10.2 Å². The first-order valence-electron chi connectivity index (χ1n) is 9.13. The van der Waals surface area contributed by atoms with Gasteiger partial charge in [0.1, 0.15) is 0 Å². The number of amides is 2. The number of hydrogen-bond acceptors (Lipinski definition) is 4. The molecule has 0 bridgehead atoms. The summed E-state index contributed by atoms with van der Waals surface area (Å²) >= 11 is 0. The summed E-state index contributed by atoms with van der Waals surface area (Å²) in [6.07, 6.45) is 3.81. The topological polar surface area (TPSA) is 81.7 Å². The smallest absolute Gasteiger partial charge is 0.248 e.